The molecule has 0 spiro atoms. The molecule has 1 saturated carbocycles. The molecule has 1 atom stereocenters. The largest absolute Gasteiger partial charge is 0.376 e. The molecule has 1 aliphatic carbocycles. The van der Waals surface area contributed by atoms with Crippen molar-refractivity contribution in [1.29, 1.82) is 0 Å². The third kappa shape index (κ3) is 4.78. The lowest BCUT2D eigenvalue weighted by Gasteiger charge is -2.13. The zero-order valence-electron chi connectivity index (χ0n) is 10.3. The van der Waals surface area contributed by atoms with Crippen molar-refractivity contribution in [3.63, 3.8) is 0 Å². The van der Waals surface area contributed by atoms with E-state index in [1.165, 1.54) is 18.4 Å². The van der Waals surface area contributed by atoms with Gasteiger partial charge in [0.1, 0.15) is 0 Å². The van der Waals surface area contributed by atoms with E-state index in [-0.39, 0.29) is 0 Å². The summed E-state index contributed by atoms with van der Waals surface area (Å²) in [4.78, 5) is 0. The molecule has 1 aromatic carbocycles. The minimum atomic E-state index is 0.582. The van der Waals surface area contributed by atoms with E-state index in [9.17, 15) is 0 Å². The molecule has 17 heavy (non-hydrogen) atoms. The maximum absolute atomic E-state index is 5.75. The number of halogens is 1. The van der Waals surface area contributed by atoms with Crippen LogP contribution in [0.5, 0.6) is 0 Å². The summed E-state index contributed by atoms with van der Waals surface area (Å²) in [5, 5.41) is 3.53. The minimum Gasteiger partial charge on any atom is -0.376 e. The second-order valence-corrected chi connectivity index (χ2v) is 5.75. The molecule has 2 nitrogen and oxygen atoms in total. The van der Waals surface area contributed by atoms with Crippen molar-refractivity contribution < 1.29 is 4.74 Å². The summed E-state index contributed by atoms with van der Waals surface area (Å²) in [7, 11) is 0. The van der Waals surface area contributed by atoms with Gasteiger partial charge >= 0.3 is 0 Å². The molecule has 1 N–H and O–H groups in total. The van der Waals surface area contributed by atoms with E-state index in [1.807, 2.05) is 12.1 Å². The number of hydrogen-bond donors (Lipinski definition) is 1. The van der Waals surface area contributed by atoms with Crippen LogP contribution in [0.3, 0.4) is 0 Å². The Morgan fingerprint density at radius 3 is 2.88 bits per heavy atom. The van der Waals surface area contributed by atoms with Crippen molar-refractivity contribution in [2.24, 2.45) is 5.92 Å². The van der Waals surface area contributed by atoms with Gasteiger partial charge in [0.15, 0.2) is 0 Å². The molecule has 0 heterocycles. The fourth-order valence-corrected chi connectivity index (χ4v) is 2.10. The monoisotopic (exact) mass is 297 g/mol. The standard InChI is InChI=1S/C14H20BrNO/c1-11(8-16-13-6-7-13)9-17-10-12-4-2-3-5-14(12)15/h2-5,11,13,16H,6-10H2,1H3. The van der Waals surface area contributed by atoms with E-state index >= 15 is 0 Å². The first-order valence-electron chi connectivity index (χ1n) is 6.30. The number of rotatable bonds is 7. The summed E-state index contributed by atoms with van der Waals surface area (Å²) >= 11 is 3.53. The molecule has 1 fully saturated rings. The maximum Gasteiger partial charge on any atom is 0.0727 e. The van der Waals surface area contributed by atoms with Gasteiger partial charge in [-0.25, -0.2) is 0 Å². The predicted octanol–water partition coefficient (Wildman–Crippen LogP) is 3.35. The summed E-state index contributed by atoms with van der Waals surface area (Å²) in [6.07, 6.45) is 2.70. The van der Waals surface area contributed by atoms with Gasteiger partial charge in [-0.15, -0.1) is 0 Å². The first kappa shape index (κ1) is 13.1. The normalized spacial score (nSPS) is 17.1. The van der Waals surface area contributed by atoms with E-state index in [1.54, 1.807) is 0 Å². The lowest BCUT2D eigenvalue weighted by Crippen LogP contribution is -2.25. The fraction of sp³-hybridized carbons (Fsp3) is 0.571. The molecular formula is C14H20BrNO. The molecular weight excluding hydrogens is 278 g/mol. The first-order chi connectivity index (χ1) is 8.25. The highest BCUT2D eigenvalue weighted by Crippen LogP contribution is 2.19. The third-order valence-electron chi connectivity index (χ3n) is 2.95. The van der Waals surface area contributed by atoms with E-state index in [0.717, 1.165) is 23.7 Å². The smallest absolute Gasteiger partial charge is 0.0727 e. The molecule has 1 unspecified atom stereocenters. The van der Waals surface area contributed by atoms with E-state index < -0.39 is 0 Å². The lowest BCUT2D eigenvalue weighted by atomic mass is 10.2. The highest BCUT2D eigenvalue weighted by molar-refractivity contribution is 9.10. The Balaban J connectivity index is 1.62. The minimum absolute atomic E-state index is 0.582. The van der Waals surface area contributed by atoms with Gasteiger partial charge in [-0.1, -0.05) is 41.1 Å². The third-order valence-corrected chi connectivity index (χ3v) is 3.72. The van der Waals surface area contributed by atoms with Crippen molar-refractivity contribution >= 4 is 15.9 Å². The SMILES string of the molecule is CC(CNC1CC1)COCc1ccccc1Br. The molecule has 0 radical (unpaired) electrons. The second-order valence-electron chi connectivity index (χ2n) is 4.89. The number of benzene rings is 1. The van der Waals surface area contributed by atoms with Gasteiger partial charge in [0.2, 0.25) is 0 Å². The van der Waals surface area contributed by atoms with Crippen LogP contribution in [0.4, 0.5) is 0 Å². The molecule has 0 bridgehead atoms. The Kier molecular flexibility index (Phi) is 5.01. The van der Waals surface area contributed by atoms with Crippen molar-refractivity contribution in [2.75, 3.05) is 13.2 Å². The van der Waals surface area contributed by atoms with Crippen molar-refractivity contribution in [1.82, 2.24) is 5.32 Å². The Bertz CT molecular complexity index is 352. The zero-order chi connectivity index (χ0) is 12.1. The van der Waals surface area contributed by atoms with Gasteiger partial charge in [-0.2, -0.15) is 0 Å². The van der Waals surface area contributed by atoms with E-state index in [2.05, 4.69) is 40.3 Å². The van der Waals surface area contributed by atoms with Crippen molar-refractivity contribution in [3.8, 4) is 0 Å². The highest BCUT2D eigenvalue weighted by atomic mass is 79.9. The summed E-state index contributed by atoms with van der Waals surface area (Å²) < 4.78 is 6.87. The fourth-order valence-electron chi connectivity index (χ4n) is 1.70. The second kappa shape index (κ2) is 6.53. The summed E-state index contributed by atoms with van der Waals surface area (Å²) in [6, 6.07) is 9.01. The summed E-state index contributed by atoms with van der Waals surface area (Å²) in [5.74, 6) is 0.582. The van der Waals surface area contributed by atoms with Gasteiger partial charge in [-0.05, 0) is 30.4 Å². The Morgan fingerprint density at radius 2 is 2.18 bits per heavy atom. The first-order valence-corrected chi connectivity index (χ1v) is 7.09. The molecule has 94 valence electrons. The number of nitrogens with one attached hydrogen (secondary N) is 1. The van der Waals surface area contributed by atoms with Crippen molar-refractivity contribution in [3.05, 3.63) is 34.3 Å². The molecule has 0 aromatic heterocycles. The molecule has 3 heteroatoms. The Labute approximate surface area is 112 Å². The number of ether oxygens (including phenoxy) is 1. The van der Waals surface area contributed by atoms with Gasteiger partial charge < -0.3 is 10.1 Å². The van der Waals surface area contributed by atoms with Crippen LogP contribution in [0.2, 0.25) is 0 Å². The molecule has 0 saturated heterocycles. The van der Waals surface area contributed by atoms with Crippen LogP contribution in [0, 0.1) is 5.92 Å². The Morgan fingerprint density at radius 1 is 1.41 bits per heavy atom. The summed E-state index contributed by atoms with van der Waals surface area (Å²) in [6.45, 7) is 4.81. The average Bonchev–Trinajstić information content (AvgIpc) is 3.13. The molecule has 1 aliphatic rings. The van der Waals surface area contributed by atoms with E-state index in [0.29, 0.717) is 12.5 Å². The number of hydrogen-bond acceptors (Lipinski definition) is 2. The zero-order valence-corrected chi connectivity index (χ0v) is 11.9. The molecule has 2 rings (SSSR count). The van der Waals surface area contributed by atoms with Gasteiger partial charge in [0.25, 0.3) is 0 Å². The van der Waals surface area contributed by atoms with Gasteiger partial charge in [-0.3, -0.25) is 0 Å². The quantitative estimate of drug-likeness (QED) is 0.833. The lowest BCUT2D eigenvalue weighted by molar-refractivity contribution is 0.0914. The predicted molar refractivity (Wildman–Crippen MR) is 74.0 cm³/mol. The van der Waals surface area contributed by atoms with Gasteiger partial charge in [0, 0.05) is 17.1 Å². The molecule has 1 aromatic rings. The highest BCUT2D eigenvalue weighted by Gasteiger charge is 2.20. The van der Waals surface area contributed by atoms with E-state index in [4.69, 9.17) is 4.74 Å². The van der Waals surface area contributed by atoms with Crippen molar-refractivity contribution in [2.45, 2.75) is 32.4 Å². The molecule has 0 aliphatic heterocycles. The van der Waals surface area contributed by atoms with Crippen LogP contribution in [0.15, 0.2) is 28.7 Å². The van der Waals surface area contributed by atoms with Crippen LogP contribution in [0.1, 0.15) is 25.3 Å². The van der Waals surface area contributed by atoms with Crippen LogP contribution < -0.4 is 5.32 Å². The summed E-state index contributed by atoms with van der Waals surface area (Å²) in [5.41, 5.74) is 1.22. The topological polar surface area (TPSA) is 21.3 Å². The van der Waals surface area contributed by atoms with Crippen LogP contribution in [0.25, 0.3) is 0 Å². The maximum atomic E-state index is 5.75. The van der Waals surface area contributed by atoms with Gasteiger partial charge in [0.05, 0.1) is 13.2 Å². The van der Waals surface area contributed by atoms with Crippen LogP contribution in [-0.4, -0.2) is 19.2 Å². The average molecular weight is 298 g/mol. The Hall–Kier alpha value is -0.380. The van der Waals surface area contributed by atoms with Crippen LogP contribution >= 0.6 is 15.9 Å². The van der Waals surface area contributed by atoms with Crippen LogP contribution in [-0.2, 0) is 11.3 Å². The molecule has 0 amide bonds.